The fourth-order valence-corrected chi connectivity index (χ4v) is 3.07. The zero-order valence-corrected chi connectivity index (χ0v) is 12.2. The van der Waals surface area contributed by atoms with Gasteiger partial charge in [-0.2, -0.15) is 0 Å². The maximum atomic E-state index is 11.0. The molecule has 1 aromatic heterocycles. The molecule has 0 aliphatic rings. The van der Waals surface area contributed by atoms with E-state index < -0.39 is 0 Å². The van der Waals surface area contributed by atoms with E-state index in [4.69, 9.17) is 5.73 Å². The molecule has 0 saturated heterocycles. The van der Waals surface area contributed by atoms with Crippen LogP contribution in [-0.4, -0.2) is 20.6 Å². The average molecular weight is 297 g/mol. The lowest BCUT2D eigenvalue weighted by atomic mass is 10.1. The van der Waals surface area contributed by atoms with Gasteiger partial charge in [0.1, 0.15) is 6.33 Å². The van der Waals surface area contributed by atoms with Gasteiger partial charge in [0.25, 0.3) is 0 Å². The number of hydrogen-bond donors (Lipinski definition) is 1. The van der Waals surface area contributed by atoms with E-state index in [1.165, 1.54) is 5.56 Å². The first kappa shape index (κ1) is 13.7. The molecule has 3 rings (SSSR count). The summed E-state index contributed by atoms with van der Waals surface area (Å²) in [6.07, 6.45) is 2.78. The molecule has 0 saturated carbocycles. The fourth-order valence-electron chi connectivity index (χ4n) is 2.14. The summed E-state index contributed by atoms with van der Waals surface area (Å²) < 4.78 is 2.09. The number of carbonyl (C=O) groups is 1. The van der Waals surface area contributed by atoms with Crippen molar-refractivity contribution in [2.75, 3.05) is 5.75 Å². The molecule has 0 atom stereocenters. The lowest BCUT2D eigenvalue weighted by Gasteiger charge is -2.04. The summed E-state index contributed by atoms with van der Waals surface area (Å²) in [5, 5.41) is 0. The maximum Gasteiger partial charge on any atom is 0.248 e. The van der Waals surface area contributed by atoms with E-state index in [0.717, 1.165) is 23.2 Å². The number of para-hydroxylation sites is 2. The Morgan fingerprint density at radius 3 is 2.67 bits per heavy atom. The smallest absolute Gasteiger partial charge is 0.248 e. The molecule has 0 radical (unpaired) electrons. The van der Waals surface area contributed by atoms with Crippen molar-refractivity contribution in [2.24, 2.45) is 5.73 Å². The number of benzene rings is 2. The van der Waals surface area contributed by atoms with Crippen molar-refractivity contribution in [3.05, 3.63) is 66.0 Å². The number of imidazole rings is 1. The highest BCUT2D eigenvalue weighted by Crippen LogP contribution is 2.19. The Morgan fingerprint density at radius 1 is 1.14 bits per heavy atom. The second kappa shape index (κ2) is 6.01. The molecule has 0 spiro atoms. The van der Waals surface area contributed by atoms with Gasteiger partial charge < -0.3 is 5.73 Å². The highest BCUT2D eigenvalue weighted by atomic mass is 32.2. The van der Waals surface area contributed by atoms with Gasteiger partial charge in [0.15, 0.2) is 0 Å². The minimum Gasteiger partial charge on any atom is -0.366 e. The number of fused-ring (bicyclic) bond motifs is 1. The Balaban J connectivity index is 1.62. The van der Waals surface area contributed by atoms with Crippen molar-refractivity contribution in [3.8, 4) is 0 Å². The second-order valence-corrected chi connectivity index (χ2v) is 5.76. The molecule has 1 heterocycles. The maximum absolute atomic E-state index is 11.0. The number of nitrogens with zero attached hydrogens (tertiary/aromatic N) is 2. The molecule has 106 valence electrons. The molecule has 4 nitrogen and oxygen atoms in total. The summed E-state index contributed by atoms with van der Waals surface area (Å²) >= 11 is 1.72. The highest BCUT2D eigenvalue weighted by Gasteiger charge is 2.03. The number of rotatable bonds is 5. The van der Waals surface area contributed by atoms with E-state index in [2.05, 4.69) is 15.0 Å². The average Bonchev–Trinajstić information content (AvgIpc) is 2.91. The lowest BCUT2D eigenvalue weighted by molar-refractivity contribution is 0.100. The van der Waals surface area contributed by atoms with Gasteiger partial charge in [-0.15, -0.1) is 0 Å². The number of amides is 1. The Morgan fingerprint density at radius 2 is 1.90 bits per heavy atom. The molecule has 0 aliphatic heterocycles. The van der Waals surface area contributed by atoms with Crippen molar-refractivity contribution >= 4 is 28.9 Å². The molecule has 0 aliphatic carbocycles. The van der Waals surface area contributed by atoms with Gasteiger partial charge in [0.2, 0.25) is 5.91 Å². The highest BCUT2D eigenvalue weighted by molar-refractivity contribution is 7.97. The summed E-state index contributed by atoms with van der Waals surface area (Å²) in [6.45, 7) is 0. The van der Waals surface area contributed by atoms with Gasteiger partial charge in [-0.25, -0.2) is 4.98 Å². The Labute approximate surface area is 127 Å². The largest absolute Gasteiger partial charge is 0.366 e. The molecule has 0 bridgehead atoms. The third-order valence-electron chi connectivity index (χ3n) is 3.28. The van der Waals surface area contributed by atoms with Crippen LogP contribution in [0.1, 0.15) is 15.9 Å². The zero-order valence-electron chi connectivity index (χ0n) is 11.4. The molecule has 2 N–H and O–H groups in total. The monoisotopic (exact) mass is 297 g/mol. The van der Waals surface area contributed by atoms with Crippen LogP contribution in [0.4, 0.5) is 0 Å². The molecule has 5 heteroatoms. The van der Waals surface area contributed by atoms with Crippen LogP contribution in [0.3, 0.4) is 0 Å². The van der Waals surface area contributed by atoms with Gasteiger partial charge >= 0.3 is 0 Å². The quantitative estimate of drug-likeness (QED) is 0.787. The summed E-state index contributed by atoms with van der Waals surface area (Å²) in [4.78, 5) is 15.4. The molecular weight excluding hydrogens is 282 g/mol. The molecule has 0 unspecified atom stereocenters. The molecule has 0 fully saturated rings. The SMILES string of the molecule is NC(=O)c1ccc(CCSn2cnc3ccccc32)cc1. The number of aromatic nitrogens is 2. The first-order valence-electron chi connectivity index (χ1n) is 6.68. The number of primary amides is 1. The van der Waals surface area contributed by atoms with Gasteiger partial charge in [0, 0.05) is 11.3 Å². The topological polar surface area (TPSA) is 60.9 Å². The van der Waals surface area contributed by atoms with Crippen LogP contribution in [0.2, 0.25) is 0 Å². The molecular formula is C16H15N3OS. The Kier molecular flexibility index (Phi) is 3.92. The third-order valence-corrected chi connectivity index (χ3v) is 4.24. The van der Waals surface area contributed by atoms with E-state index in [-0.39, 0.29) is 5.91 Å². The third kappa shape index (κ3) is 3.08. The van der Waals surface area contributed by atoms with Gasteiger partial charge in [-0.05, 0) is 48.2 Å². The van der Waals surface area contributed by atoms with E-state index in [0.29, 0.717) is 5.56 Å². The van der Waals surface area contributed by atoms with Crippen molar-refractivity contribution in [1.82, 2.24) is 8.96 Å². The summed E-state index contributed by atoms with van der Waals surface area (Å²) in [6, 6.07) is 15.5. The number of hydrogen-bond acceptors (Lipinski definition) is 3. The summed E-state index contributed by atoms with van der Waals surface area (Å²) in [5.74, 6) is 0.553. The predicted molar refractivity (Wildman–Crippen MR) is 86.3 cm³/mol. The van der Waals surface area contributed by atoms with Crippen LogP contribution in [0.15, 0.2) is 54.9 Å². The van der Waals surface area contributed by atoms with Gasteiger partial charge in [-0.1, -0.05) is 24.3 Å². The van der Waals surface area contributed by atoms with E-state index in [1.807, 2.05) is 36.7 Å². The molecule has 3 aromatic rings. The van der Waals surface area contributed by atoms with Crippen LogP contribution in [0.25, 0.3) is 11.0 Å². The van der Waals surface area contributed by atoms with Crippen LogP contribution in [0.5, 0.6) is 0 Å². The Bertz CT molecular complexity index is 765. The van der Waals surface area contributed by atoms with Crippen molar-refractivity contribution in [2.45, 2.75) is 6.42 Å². The summed E-state index contributed by atoms with van der Waals surface area (Å²) in [7, 11) is 0. The van der Waals surface area contributed by atoms with E-state index >= 15 is 0 Å². The number of aryl methyl sites for hydroxylation is 1. The first-order valence-corrected chi connectivity index (χ1v) is 7.62. The standard InChI is InChI=1S/C16H15N3OS/c17-16(20)13-7-5-12(6-8-13)9-10-21-19-11-18-14-3-1-2-4-15(14)19/h1-8,11H,9-10H2,(H2,17,20). The van der Waals surface area contributed by atoms with Crippen LogP contribution >= 0.6 is 11.9 Å². The molecule has 2 aromatic carbocycles. The normalized spacial score (nSPS) is 10.9. The van der Waals surface area contributed by atoms with Gasteiger partial charge in [-0.3, -0.25) is 8.77 Å². The van der Waals surface area contributed by atoms with Crippen LogP contribution in [-0.2, 0) is 6.42 Å². The first-order chi connectivity index (χ1) is 10.2. The number of carbonyl (C=O) groups excluding carboxylic acids is 1. The minimum absolute atomic E-state index is 0.388. The van der Waals surface area contributed by atoms with Crippen molar-refractivity contribution in [1.29, 1.82) is 0 Å². The predicted octanol–water partition coefficient (Wildman–Crippen LogP) is 2.87. The number of nitrogens with two attached hydrogens (primary N) is 1. The fraction of sp³-hybridized carbons (Fsp3) is 0.125. The van der Waals surface area contributed by atoms with E-state index in [9.17, 15) is 4.79 Å². The Hall–Kier alpha value is -2.27. The second-order valence-electron chi connectivity index (χ2n) is 4.70. The van der Waals surface area contributed by atoms with Crippen molar-refractivity contribution in [3.63, 3.8) is 0 Å². The minimum atomic E-state index is -0.388. The van der Waals surface area contributed by atoms with Crippen molar-refractivity contribution < 1.29 is 4.79 Å². The van der Waals surface area contributed by atoms with Crippen LogP contribution in [0, 0.1) is 0 Å². The lowest BCUT2D eigenvalue weighted by Crippen LogP contribution is -2.10. The van der Waals surface area contributed by atoms with Gasteiger partial charge in [0.05, 0.1) is 11.0 Å². The van der Waals surface area contributed by atoms with E-state index in [1.54, 1.807) is 24.1 Å². The molecule has 1 amide bonds. The van der Waals surface area contributed by atoms with Crippen LogP contribution < -0.4 is 5.73 Å². The zero-order chi connectivity index (χ0) is 14.7. The summed E-state index contributed by atoms with van der Waals surface area (Å²) in [5.41, 5.74) is 9.11. The molecule has 21 heavy (non-hydrogen) atoms.